The Labute approximate surface area is 210 Å². The largest absolute Gasteiger partial charge is 0.340 e. The molecule has 0 radical (unpaired) electrons. The van der Waals surface area contributed by atoms with Gasteiger partial charge in [0, 0.05) is 63.0 Å². The van der Waals surface area contributed by atoms with Crippen LogP contribution in [0.3, 0.4) is 0 Å². The van der Waals surface area contributed by atoms with Gasteiger partial charge in [0.25, 0.3) is 0 Å². The minimum absolute atomic E-state index is 0.0497. The van der Waals surface area contributed by atoms with Crippen LogP contribution >= 0.6 is 0 Å². The topological polar surface area (TPSA) is 89.3 Å². The predicted molar refractivity (Wildman–Crippen MR) is 142 cm³/mol. The molecule has 35 heavy (non-hydrogen) atoms. The molecule has 3 rings (SSSR count). The maximum atomic E-state index is 12.3. The van der Waals surface area contributed by atoms with Crippen LogP contribution in [0, 0.1) is 12.8 Å². The van der Waals surface area contributed by atoms with E-state index in [1.807, 2.05) is 11.8 Å². The van der Waals surface area contributed by atoms with Gasteiger partial charge in [0.15, 0.2) is 5.82 Å². The van der Waals surface area contributed by atoms with Gasteiger partial charge in [-0.1, -0.05) is 33.3 Å². The Bertz CT molecular complexity index is 962. The molecule has 1 unspecified atom stereocenters. The Morgan fingerprint density at radius 3 is 2.60 bits per heavy atom. The molecule has 2 aliphatic heterocycles. The first kappa shape index (κ1) is 26.8. The van der Waals surface area contributed by atoms with Crippen molar-refractivity contribution in [3.63, 3.8) is 0 Å². The van der Waals surface area contributed by atoms with Crippen LogP contribution in [0.15, 0.2) is 28.0 Å². The molecule has 1 aromatic rings. The molecule has 0 spiro atoms. The van der Waals surface area contributed by atoms with Gasteiger partial charge in [0.05, 0.1) is 6.54 Å². The number of unbranched alkanes of at least 4 members (excludes halogenated alkanes) is 1. The van der Waals surface area contributed by atoms with Crippen LogP contribution in [0.2, 0.25) is 0 Å². The molecule has 2 aliphatic rings. The van der Waals surface area contributed by atoms with E-state index in [4.69, 9.17) is 9.98 Å². The Balaban J connectivity index is 2.02. The lowest BCUT2D eigenvalue weighted by atomic mass is 10.0. The number of allylic oxidation sites excluding steroid dienone is 1. The van der Waals surface area contributed by atoms with E-state index in [1.165, 1.54) is 5.70 Å². The second kappa shape index (κ2) is 12.8. The van der Waals surface area contributed by atoms with Gasteiger partial charge in [0.2, 0.25) is 11.9 Å². The standard InChI is InChI=1S/C26H42N8O/c1-7-10-11-34(20(5)35)18-22-17-27-19(4)28-25(22)30-24-21(8-2)16-23(9-3)29-26(31-24)33-14-12-32(6)13-15-33/h16-17,21H,7-15,18H2,1-6H3,(H,27,28,29,30,31). The van der Waals surface area contributed by atoms with Gasteiger partial charge in [-0.3, -0.25) is 4.79 Å². The molecular weight excluding hydrogens is 440 g/mol. The van der Waals surface area contributed by atoms with Crippen LogP contribution in [0.25, 0.3) is 0 Å². The molecule has 1 fully saturated rings. The summed E-state index contributed by atoms with van der Waals surface area (Å²) < 4.78 is 0. The molecule has 0 bridgehead atoms. The molecule has 192 valence electrons. The van der Waals surface area contributed by atoms with Crippen molar-refractivity contribution in [2.75, 3.05) is 39.8 Å². The van der Waals surface area contributed by atoms with Crippen molar-refractivity contribution < 1.29 is 4.79 Å². The molecule has 9 heteroatoms. The van der Waals surface area contributed by atoms with Gasteiger partial charge >= 0.3 is 0 Å². The van der Waals surface area contributed by atoms with Crippen molar-refractivity contribution in [2.45, 2.75) is 66.8 Å². The minimum atomic E-state index is 0.0497. The fourth-order valence-corrected chi connectivity index (χ4v) is 4.21. The number of carbonyl (C=O) groups excluding carboxylic acids is 1. The summed E-state index contributed by atoms with van der Waals surface area (Å²) >= 11 is 0. The maximum absolute atomic E-state index is 12.3. The Morgan fingerprint density at radius 1 is 1.23 bits per heavy atom. The molecule has 1 aromatic heterocycles. The molecule has 1 N–H and O–H groups in total. The second-order valence-corrected chi connectivity index (χ2v) is 9.44. The van der Waals surface area contributed by atoms with Crippen LogP contribution in [-0.2, 0) is 11.3 Å². The van der Waals surface area contributed by atoms with Gasteiger partial charge < -0.3 is 20.0 Å². The number of hydrogen-bond donors (Lipinski definition) is 1. The van der Waals surface area contributed by atoms with E-state index in [2.05, 4.69) is 59.0 Å². The third kappa shape index (κ3) is 7.34. The minimum Gasteiger partial charge on any atom is -0.340 e. The zero-order chi connectivity index (χ0) is 25.4. The first-order valence-electron chi connectivity index (χ1n) is 13.0. The Kier molecular flexibility index (Phi) is 9.77. The highest BCUT2D eigenvalue weighted by Gasteiger charge is 2.24. The number of hydrogen-bond acceptors (Lipinski definition) is 7. The van der Waals surface area contributed by atoms with Crippen molar-refractivity contribution in [1.82, 2.24) is 30.0 Å². The zero-order valence-electron chi connectivity index (χ0n) is 22.3. The molecule has 0 aliphatic carbocycles. The van der Waals surface area contributed by atoms with Crippen molar-refractivity contribution >= 4 is 23.5 Å². The number of nitrogens with zero attached hydrogens (tertiary/aromatic N) is 7. The van der Waals surface area contributed by atoms with E-state index in [-0.39, 0.29) is 11.8 Å². The third-order valence-electron chi connectivity index (χ3n) is 6.62. The monoisotopic (exact) mass is 482 g/mol. The Morgan fingerprint density at radius 2 is 1.97 bits per heavy atom. The summed E-state index contributed by atoms with van der Waals surface area (Å²) in [6.07, 6.45) is 7.84. The Hall–Kier alpha value is -2.81. The highest BCUT2D eigenvalue weighted by Crippen LogP contribution is 2.24. The van der Waals surface area contributed by atoms with Crippen LogP contribution in [0.1, 0.15) is 64.8 Å². The average molecular weight is 483 g/mol. The van der Waals surface area contributed by atoms with Gasteiger partial charge in [-0.2, -0.15) is 4.99 Å². The number of rotatable bonds is 8. The van der Waals surface area contributed by atoms with Crippen LogP contribution in [0.4, 0.5) is 5.82 Å². The maximum Gasteiger partial charge on any atom is 0.219 e. The van der Waals surface area contributed by atoms with Crippen molar-refractivity contribution in [3.8, 4) is 0 Å². The molecule has 1 amide bonds. The van der Waals surface area contributed by atoms with E-state index >= 15 is 0 Å². The van der Waals surface area contributed by atoms with E-state index in [0.29, 0.717) is 24.7 Å². The number of nitrogens with one attached hydrogen (secondary N) is 1. The summed E-state index contributed by atoms with van der Waals surface area (Å²) in [4.78, 5) is 38.0. The first-order valence-corrected chi connectivity index (χ1v) is 13.0. The molecule has 3 heterocycles. The van der Waals surface area contributed by atoms with Crippen LogP contribution < -0.4 is 5.32 Å². The van der Waals surface area contributed by atoms with E-state index < -0.39 is 0 Å². The van der Waals surface area contributed by atoms with E-state index in [1.54, 1.807) is 13.1 Å². The molecule has 1 saturated heterocycles. The summed E-state index contributed by atoms with van der Waals surface area (Å²) in [5, 5.41) is 3.58. The third-order valence-corrected chi connectivity index (χ3v) is 6.62. The van der Waals surface area contributed by atoms with Crippen LogP contribution in [0.5, 0.6) is 0 Å². The number of piperazine rings is 1. The lowest BCUT2D eigenvalue weighted by Crippen LogP contribution is -2.51. The fourth-order valence-electron chi connectivity index (χ4n) is 4.21. The van der Waals surface area contributed by atoms with Gasteiger partial charge in [0.1, 0.15) is 11.7 Å². The van der Waals surface area contributed by atoms with Crippen molar-refractivity contribution in [1.29, 1.82) is 0 Å². The van der Waals surface area contributed by atoms with Gasteiger partial charge in [-0.15, -0.1) is 0 Å². The van der Waals surface area contributed by atoms with Crippen molar-refractivity contribution in [2.24, 2.45) is 15.9 Å². The number of amides is 1. The summed E-state index contributed by atoms with van der Waals surface area (Å²) in [6.45, 7) is 14.9. The first-order chi connectivity index (χ1) is 16.8. The smallest absolute Gasteiger partial charge is 0.219 e. The van der Waals surface area contributed by atoms with Crippen LogP contribution in [-0.4, -0.2) is 82.1 Å². The summed E-state index contributed by atoms with van der Waals surface area (Å²) in [7, 11) is 2.15. The van der Waals surface area contributed by atoms with Gasteiger partial charge in [-0.05, 0) is 33.2 Å². The SMILES string of the molecule is CCCCN(Cc1cnc(C)nc1N=C1N=C(N2CCN(C)CC2)NC(CC)=CC1CC)C(C)=O. The number of aromatic nitrogens is 2. The summed E-state index contributed by atoms with van der Waals surface area (Å²) in [5.74, 6) is 3.00. The van der Waals surface area contributed by atoms with Crippen molar-refractivity contribution in [3.05, 3.63) is 29.4 Å². The number of aryl methyl sites for hydroxylation is 1. The predicted octanol–water partition coefficient (Wildman–Crippen LogP) is 3.49. The lowest BCUT2D eigenvalue weighted by Gasteiger charge is -2.34. The number of likely N-dealkylation sites (N-methyl/N-ethyl adjacent to an activating group) is 1. The second-order valence-electron chi connectivity index (χ2n) is 9.44. The highest BCUT2D eigenvalue weighted by atomic mass is 16.2. The highest BCUT2D eigenvalue weighted by molar-refractivity contribution is 6.00. The number of amidine groups is 1. The molecule has 9 nitrogen and oxygen atoms in total. The lowest BCUT2D eigenvalue weighted by molar-refractivity contribution is -0.129. The molecule has 1 atom stereocenters. The summed E-state index contributed by atoms with van der Waals surface area (Å²) in [5.41, 5.74) is 2.01. The van der Waals surface area contributed by atoms with Gasteiger partial charge in [-0.25, -0.2) is 15.0 Å². The molecule has 0 aromatic carbocycles. The molecular formula is C26H42N8O. The average Bonchev–Trinajstić information content (AvgIpc) is 3.02. The fraction of sp³-hybridized carbons (Fsp3) is 0.654. The number of guanidine groups is 1. The van der Waals surface area contributed by atoms with E-state index in [0.717, 1.165) is 69.2 Å². The molecule has 0 saturated carbocycles. The number of carbonyl (C=O) groups is 1. The van der Waals surface area contributed by atoms with E-state index in [9.17, 15) is 4.79 Å². The number of aliphatic imine (C=N–C) groups is 2. The summed E-state index contributed by atoms with van der Waals surface area (Å²) in [6, 6.07) is 0. The normalized spacial score (nSPS) is 20.2. The zero-order valence-corrected chi connectivity index (χ0v) is 22.3. The quantitative estimate of drug-likeness (QED) is 0.610.